The molecule has 1 aromatic rings. The van der Waals surface area contributed by atoms with Crippen LogP contribution >= 0.6 is 11.8 Å². The minimum atomic E-state index is -0.965. The van der Waals surface area contributed by atoms with Crippen LogP contribution in [0.1, 0.15) is 58.4 Å². The first-order chi connectivity index (χ1) is 16.5. The number of nitrogens with zero attached hydrogens (tertiary/aromatic N) is 1. The van der Waals surface area contributed by atoms with Crippen LogP contribution in [0.15, 0.2) is 24.3 Å². The number of ether oxygens (including phenoxy) is 1. The van der Waals surface area contributed by atoms with Gasteiger partial charge in [0.1, 0.15) is 11.6 Å². The van der Waals surface area contributed by atoms with Gasteiger partial charge in [0.05, 0.1) is 18.3 Å². The number of carboxylic acid groups (broad SMARTS) is 1. The van der Waals surface area contributed by atoms with Gasteiger partial charge in [-0.05, 0) is 57.2 Å². The van der Waals surface area contributed by atoms with Crippen molar-refractivity contribution in [3.8, 4) is 0 Å². The lowest BCUT2D eigenvalue weighted by atomic mass is 9.88. The molecule has 2 atom stereocenters. The number of benzene rings is 1. The second kappa shape index (κ2) is 11.8. The van der Waals surface area contributed by atoms with E-state index in [4.69, 9.17) is 9.84 Å². The molecule has 0 radical (unpaired) electrons. The number of nitrogens with one attached hydrogen (secondary N) is 2. The van der Waals surface area contributed by atoms with E-state index in [1.54, 1.807) is 61.7 Å². The number of carboxylic acids is 1. The summed E-state index contributed by atoms with van der Waals surface area (Å²) in [4.78, 5) is 51.2. The average molecular weight is 506 g/mol. The van der Waals surface area contributed by atoms with E-state index in [0.717, 1.165) is 25.7 Å². The van der Waals surface area contributed by atoms with Crippen molar-refractivity contribution in [1.29, 1.82) is 0 Å². The Morgan fingerprint density at radius 1 is 1.14 bits per heavy atom. The highest BCUT2D eigenvalue weighted by molar-refractivity contribution is 8.00. The highest BCUT2D eigenvalue weighted by Gasteiger charge is 2.46. The molecule has 35 heavy (non-hydrogen) atoms. The number of carbonyl (C=O) groups excluding carboxylic acids is 3. The second-order valence-corrected chi connectivity index (χ2v) is 11.2. The van der Waals surface area contributed by atoms with Crippen molar-refractivity contribution < 1.29 is 29.0 Å². The molecule has 0 aromatic heterocycles. The summed E-state index contributed by atoms with van der Waals surface area (Å²) in [5.41, 5.74) is 0.320. The first kappa shape index (κ1) is 26.8. The van der Waals surface area contributed by atoms with Crippen molar-refractivity contribution in [3.05, 3.63) is 29.8 Å². The number of hydrogen-bond acceptors (Lipinski definition) is 6. The first-order valence-electron chi connectivity index (χ1n) is 12.0. The van der Waals surface area contributed by atoms with E-state index in [1.807, 2.05) is 0 Å². The summed E-state index contributed by atoms with van der Waals surface area (Å²) < 4.78 is 5.59. The SMILES string of the molecule is CC(C)(C)OC(=O)C1CSC(C2CCCCC2)N1C(=O)CNC(=O)Nc1cccc(CC(=O)O)c1. The third-order valence-electron chi connectivity index (χ3n) is 6.00. The molecule has 9 nitrogen and oxygen atoms in total. The van der Waals surface area contributed by atoms with Crippen LogP contribution in [0.4, 0.5) is 10.5 Å². The molecule has 1 saturated heterocycles. The molecule has 3 amide bonds. The quantitative estimate of drug-likeness (QED) is 0.483. The van der Waals surface area contributed by atoms with Crippen LogP contribution in [0.25, 0.3) is 0 Å². The maximum Gasteiger partial charge on any atom is 0.330 e. The van der Waals surface area contributed by atoms with Crippen LogP contribution in [0, 0.1) is 5.92 Å². The van der Waals surface area contributed by atoms with Crippen molar-refractivity contribution in [2.24, 2.45) is 5.92 Å². The molecule has 2 unspecified atom stereocenters. The van der Waals surface area contributed by atoms with Crippen molar-refractivity contribution in [3.63, 3.8) is 0 Å². The van der Waals surface area contributed by atoms with E-state index in [1.165, 1.54) is 6.42 Å². The lowest BCUT2D eigenvalue weighted by molar-refractivity contribution is -0.164. The summed E-state index contributed by atoms with van der Waals surface area (Å²) in [5, 5.41) is 14.0. The van der Waals surface area contributed by atoms with Gasteiger partial charge in [-0.15, -0.1) is 11.8 Å². The van der Waals surface area contributed by atoms with Gasteiger partial charge in [-0.1, -0.05) is 31.4 Å². The predicted octanol–water partition coefficient (Wildman–Crippen LogP) is 3.63. The zero-order valence-corrected chi connectivity index (χ0v) is 21.4. The number of esters is 1. The maximum atomic E-state index is 13.3. The number of urea groups is 1. The molecule has 1 aromatic carbocycles. The van der Waals surface area contributed by atoms with Crippen LogP contribution in [0.2, 0.25) is 0 Å². The third kappa shape index (κ3) is 7.88. The highest BCUT2D eigenvalue weighted by atomic mass is 32.2. The van der Waals surface area contributed by atoms with Gasteiger partial charge in [-0.2, -0.15) is 0 Å². The lowest BCUT2D eigenvalue weighted by Crippen LogP contribution is -2.52. The van der Waals surface area contributed by atoms with Gasteiger partial charge in [0.15, 0.2) is 0 Å². The molecule has 0 spiro atoms. The molecule has 1 aliphatic heterocycles. The van der Waals surface area contributed by atoms with Gasteiger partial charge in [-0.25, -0.2) is 9.59 Å². The monoisotopic (exact) mass is 505 g/mol. The summed E-state index contributed by atoms with van der Waals surface area (Å²) in [6, 6.07) is 5.26. The molecular formula is C25H35N3O6S. The van der Waals surface area contributed by atoms with Gasteiger partial charge in [0.2, 0.25) is 5.91 Å². The van der Waals surface area contributed by atoms with E-state index < -0.39 is 29.6 Å². The Balaban J connectivity index is 1.65. The Bertz CT molecular complexity index is 941. The molecule has 0 bridgehead atoms. The average Bonchev–Trinajstić information content (AvgIpc) is 3.22. The summed E-state index contributed by atoms with van der Waals surface area (Å²) in [7, 11) is 0. The zero-order chi connectivity index (χ0) is 25.6. The van der Waals surface area contributed by atoms with E-state index in [9.17, 15) is 19.2 Å². The Hall–Kier alpha value is -2.75. The second-order valence-electron chi connectivity index (χ2n) is 10.1. The van der Waals surface area contributed by atoms with E-state index in [0.29, 0.717) is 22.9 Å². The van der Waals surface area contributed by atoms with E-state index >= 15 is 0 Å². The lowest BCUT2D eigenvalue weighted by Gasteiger charge is -2.36. The molecular weight excluding hydrogens is 470 g/mol. The minimum Gasteiger partial charge on any atom is -0.481 e. The molecule has 10 heteroatoms. The largest absolute Gasteiger partial charge is 0.481 e. The zero-order valence-electron chi connectivity index (χ0n) is 20.5. The van der Waals surface area contributed by atoms with Gasteiger partial charge in [0, 0.05) is 11.4 Å². The minimum absolute atomic E-state index is 0.113. The Morgan fingerprint density at radius 2 is 1.86 bits per heavy atom. The molecule has 3 rings (SSSR count). The van der Waals surface area contributed by atoms with Gasteiger partial charge < -0.3 is 25.4 Å². The smallest absolute Gasteiger partial charge is 0.330 e. The summed E-state index contributed by atoms with van der Waals surface area (Å²) >= 11 is 1.62. The number of carbonyl (C=O) groups is 4. The molecule has 1 saturated carbocycles. The normalized spacial score (nSPS) is 20.8. The highest BCUT2D eigenvalue weighted by Crippen LogP contribution is 2.41. The van der Waals surface area contributed by atoms with E-state index in [2.05, 4.69) is 10.6 Å². The van der Waals surface area contributed by atoms with E-state index in [-0.39, 0.29) is 24.2 Å². The fourth-order valence-electron chi connectivity index (χ4n) is 4.53. The van der Waals surface area contributed by atoms with Crippen molar-refractivity contribution in [1.82, 2.24) is 10.2 Å². The Labute approximate surface area is 210 Å². The predicted molar refractivity (Wildman–Crippen MR) is 134 cm³/mol. The van der Waals surface area contributed by atoms with Crippen LogP contribution in [-0.2, 0) is 25.5 Å². The number of anilines is 1. The number of rotatable bonds is 7. The number of aliphatic carboxylic acids is 1. The van der Waals surface area contributed by atoms with Gasteiger partial charge in [0.25, 0.3) is 0 Å². The van der Waals surface area contributed by atoms with Crippen LogP contribution in [0.3, 0.4) is 0 Å². The summed E-state index contributed by atoms with van der Waals surface area (Å²) in [6.07, 6.45) is 5.29. The number of amides is 3. The van der Waals surface area contributed by atoms with Gasteiger partial charge >= 0.3 is 18.0 Å². The molecule has 1 aliphatic carbocycles. The third-order valence-corrected chi connectivity index (χ3v) is 7.46. The van der Waals surface area contributed by atoms with Crippen molar-refractivity contribution in [2.45, 2.75) is 76.3 Å². The molecule has 2 aliphatic rings. The van der Waals surface area contributed by atoms with Crippen LogP contribution in [-0.4, -0.2) is 63.2 Å². The fraction of sp³-hybridized carbons (Fsp3) is 0.600. The summed E-state index contributed by atoms with van der Waals surface area (Å²) in [5.74, 6) is -0.916. The Morgan fingerprint density at radius 3 is 2.51 bits per heavy atom. The maximum absolute atomic E-state index is 13.3. The van der Waals surface area contributed by atoms with Gasteiger partial charge in [-0.3, -0.25) is 9.59 Å². The molecule has 2 fully saturated rings. The van der Waals surface area contributed by atoms with Crippen molar-refractivity contribution >= 4 is 41.3 Å². The van der Waals surface area contributed by atoms with Crippen molar-refractivity contribution in [2.75, 3.05) is 17.6 Å². The molecule has 3 N–H and O–H groups in total. The van der Waals surface area contributed by atoms with Crippen LogP contribution < -0.4 is 10.6 Å². The topological polar surface area (TPSA) is 125 Å². The summed E-state index contributed by atoms with van der Waals surface area (Å²) in [6.45, 7) is 5.14. The Kier molecular flexibility index (Phi) is 9.04. The first-order valence-corrected chi connectivity index (χ1v) is 13.1. The molecule has 192 valence electrons. The number of hydrogen-bond donors (Lipinski definition) is 3. The van der Waals surface area contributed by atoms with Crippen LogP contribution in [0.5, 0.6) is 0 Å². The molecule has 1 heterocycles. The number of thioether (sulfide) groups is 1. The standard InChI is InChI=1S/C25H35N3O6S/c1-25(2,3)34-23(32)19-15-35-22(17-9-5-4-6-10-17)28(19)20(29)14-26-24(33)27-18-11-7-8-16(12-18)13-21(30)31/h7-8,11-12,17,19,22H,4-6,9-10,13-15H2,1-3H3,(H,30,31)(H2,26,27,33). The fourth-order valence-corrected chi connectivity index (χ4v) is 6.18.